The Kier molecular flexibility index (Phi) is 6.46. The van der Waals surface area contributed by atoms with Crippen molar-refractivity contribution in [3.05, 3.63) is 38.9 Å². The number of nitrogens with one attached hydrogen (secondary N) is 2. The second-order valence-electron chi connectivity index (χ2n) is 8.75. The first-order valence-corrected chi connectivity index (χ1v) is 10.6. The number of hydrogen-bond donors (Lipinski definition) is 2. The minimum absolute atomic E-state index is 0.0376. The Balaban J connectivity index is 1.66. The molecule has 2 aliphatic carbocycles. The van der Waals surface area contributed by atoms with Gasteiger partial charge in [0.1, 0.15) is 11.1 Å². The van der Waals surface area contributed by atoms with Crippen LogP contribution in [0.25, 0.3) is 0 Å². The number of nitro groups is 1. The first kappa shape index (κ1) is 21.6. The molecule has 8 heteroatoms. The number of carbonyl (C=O) groups excluding carboxylic acids is 2. The van der Waals surface area contributed by atoms with Gasteiger partial charge in [0, 0.05) is 17.7 Å². The maximum absolute atomic E-state index is 12.9. The molecule has 2 bridgehead atoms. The SMILES string of the molecule is CC(C)C(NC(=O)c1ccc(Cl)c([N+](=O)[O-])c1)C(=O)NC(C)C1CC2CCC1C2. The Labute approximate surface area is 175 Å². The lowest BCUT2D eigenvalue weighted by Crippen LogP contribution is -2.53. The maximum Gasteiger partial charge on any atom is 0.288 e. The van der Waals surface area contributed by atoms with E-state index in [0.717, 1.165) is 12.0 Å². The van der Waals surface area contributed by atoms with Crippen LogP contribution in [0.1, 0.15) is 56.8 Å². The van der Waals surface area contributed by atoms with Crippen molar-refractivity contribution in [2.24, 2.45) is 23.7 Å². The second kappa shape index (κ2) is 8.69. The standard InChI is InChI=1S/C21H28ClN3O4/c1-11(2)19(21(27)23-12(3)16-9-13-4-5-14(16)8-13)24-20(26)15-6-7-17(22)18(10-15)25(28)29/h6-7,10-14,16,19H,4-5,8-9H2,1-3H3,(H,23,27)(H,24,26). The molecule has 0 spiro atoms. The van der Waals surface area contributed by atoms with Crippen LogP contribution in [-0.4, -0.2) is 28.8 Å². The summed E-state index contributed by atoms with van der Waals surface area (Å²) in [5.41, 5.74) is -0.240. The van der Waals surface area contributed by atoms with Crippen LogP contribution >= 0.6 is 11.6 Å². The topological polar surface area (TPSA) is 101 Å². The Morgan fingerprint density at radius 1 is 1.17 bits per heavy atom. The quantitative estimate of drug-likeness (QED) is 0.514. The van der Waals surface area contributed by atoms with E-state index in [4.69, 9.17) is 11.6 Å². The van der Waals surface area contributed by atoms with E-state index in [1.165, 1.54) is 37.8 Å². The number of nitro benzene ring substituents is 1. The molecule has 0 saturated heterocycles. The molecule has 5 unspecified atom stereocenters. The van der Waals surface area contributed by atoms with Gasteiger partial charge in [-0.2, -0.15) is 0 Å². The number of rotatable bonds is 7. The van der Waals surface area contributed by atoms with Crippen molar-refractivity contribution in [2.75, 3.05) is 0 Å². The third kappa shape index (κ3) is 4.71. The summed E-state index contributed by atoms with van der Waals surface area (Å²) in [5.74, 6) is 1.11. The van der Waals surface area contributed by atoms with Crippen molar-refractivity contribution in [1.82, 2.24) is 10.6 Å². The molecule has 1 aromatic rings. The summed E-state index contributed by atoms with van der Waals surface area (Å²) in [6, 6.07) is 3.20. The molecule has 2 fully saturated rings. The zero-order valence-corrected chi connectivity index (χ0v) is 17.7. The van der Waals surface area contributed by atoms with Crippen LogP contribution in [0.15, 0.2) is 18.2 Å². The van der Waals surface area contributed by atoms with Gasteiger partial charge >= 0.3 is 0 Å². The van der Waals surface area contributed by atoms with E-state index in [-0.39, 0.29) is 34.1 Å². The fourth-order valence-electron chi connectivity index (χ4n) is 4.88. The minimum atomic E-state index is -0.724. The van der Waals surface area contributed by atoms with Gasteiger partial charge in [-0.1, -0.05) is 31.9 Å². The van der Waals surface area contributed by atoms with Crippen LogP contribution in [0.4, 0.5) is 5.69 Å². The minimum Gasteiger partial charge on any atom is -0.352 e. The van der Waals surface area contributed by atoms with Crippen LogP contribution in [0.2, 0.25) is 5.02 Å². The summed E-state index contributed by atoms with van der Waals surface area (Å²) in [7, 11) is 0. The molecule has 0 heterocycles. The molecule has 0 aliphatic heterocycles. The summed E-state index contributed by atoms with van der Waals surface area (Å²) < 4.78 is 0. The van der Waals surface area contributed by atoms with Crippen molar-refractivity contribution < 1.29 is 14.5 Å². The van der Waals surface area contributed by atoms with Crippen LogP contribution in [0, 0.1) is 33.8 Å². The summed E-state index contributed by atoms with van der Waals surface area (Å²) in [6.45, 7) is 5.76. The van der Waals surface area contributed by atoms with E-state index in [1.54, 1.807) is 0 Å². The summed E-state index contributed by atoms with van der Waals surface area (Å²) in [4.78, 5) is 36.0. The fourth-order valence-corrected chi connectivity index (χ4v) is 5.07. The van der Waals surface area contributed by atoms with Crippen LogP contribution in [0.5, 0.6) is 0 Å². The number of amides is 2. The molecule has 7 nitrogen and oxygen atoms in total. The van der Waals surface area contributed by atoms with Gasteiger partial charge in [0.25, 0.3) is 11.6 Å². The largest absolute Gasteiger partial charge is 0.352 e. The molecule has 3 rings (SSSR count). The maximum atomic E-state index is 12.9. The Bertz CT molecular complexity index is 813. The van der Waals surface area contributed by atoms with Crippen molar-refractivity contribution in [2.45, 2.75) is 58.5 Å². The van der Waals surface area contributed by atoms with E-state index >= 15 is 0 Å². The molecule has 2 aliphatic rings. The highest BCUT2D eigenvalue weighted by molar-refractivity contribution is 6.32. The molecule has 0 radical (unpaired) electrons. The summed E-state index contributed by atoms with van der Waals surface area (Å²) in [5, 5.41) is 16.9. The van der Waals surface area contributed by atoms with Gasteiger partial charge in [-0.25, -0.2) is 0 Å². The summed E-state index contributed by atoms with van der Waals surface area (Å²) in [6.07, 6.45) is 4.98. The first-order chi connectivity index (χ1) is 13.7. The second-order valence-corrected chi connectivity index (χ2v) is 9.16. The Morgan fingerprint density at radius 3 is 2.45 bits per heavy atom. The highest BCUT2D eigenvalue weighted by atomic mass is 35.5. The molecule has 158 valence electrons. The number of halogens is 1. The van der Waals surface area contributed by atoms with E-state index in [0.29, 0.717) is 11.8 Å². The number of hydrogen-bond acceptors (Lipinski definition) is 4. The predicted octanol–water partition coefficient (Wildman–Crippen LogP) is 3.94. The zero-order chi connectivity index (χ0) is 21.3. The highest BCUT2D eigenvalue weighted by Gasteiger charge is 2.42. The van der Waals surface area contributed by atoms with Crippen LogP contribution in [-0.2, 0) is 4.79 Å². The van der Waals surface area contributed by atoms with E-state index in [9.17, 15) is 19.7 Å². The van der Waals surface area contributed by atoms with Crippen LogP contribution in [0.3, 0.4) is 0 Å². The zero-order valence-electron chi connectivity index (χ0n) is 17.0. The Hall–Kier alpha value is -2.15. The predicted molar refractivity (Wildman–Crippen MR) is 111 cm³/mol. The van der Waals surface area contributed by atoms with Gasteiger partial charge < -0.3 is 10.6 Å². The number of carbonyl (C=O) groups is 2. The third-order valence-corrected chi connectivity index (χ3v) is 6.77. The number of nitrogens with zero attached hydrogens (tertiary/aromatic N) is 1. The monoisotopic (exact) mass is 421 g/mol. The lowest BCUT2D eigenvalue weighted by Gasteiger charge is -2.31. The average Bonchev–Trinajstić information content (AvgIpc) is 3.29. The van der Waals surface area contributed by atoms with Crippen molar-refractivity contribution in [1.29, 1.82) is 0 Å². The van der Waals surface area contributed by atoms with E-state index in [1.807, 2.05) is 20.8 Å². The molecule has 0 aromatic heterocycles. The van der Waals surface area contributed by atoms with Gasteiger partial charge in [0.05, 0.1) is 4.92 Å². The fraction of sp³-hybridized carbons (Fsp3) is 0.619. The molecule has 1 aromatic carbocycles. The molecular weight excluding hydrogens is 394 g/mol. The third-order valence-electron chi connectivity index (χ3n) is 6.45. The lowest BCUT2D eigenvalue weighted by molar-refractivity contribution is -0.384. The normalized spacial score (nSPS) is 24.9. The number of benzene rings is 1. The van der Waals surface area contributed by atoms with Crippen LogP contribution < -0.4 is 10.6 Å². The van der Waals surface area contributed by atoms with E-state index in [2.05, 4.69) is 10.6 Å². The molecule has 2 saturated carbocycles. The van der Waals surface area contributed by atoms with Gasteiger partial charge in [-0.15, -0.1) is 0 Å². The highest BCUT2D eigenvalue weighted by Crippen LogP contribution is 2.49. The lowest BCUT2D eigenvalue weighted by atomic mass is 9.84. The molecule has 5 atom stereocenters. The molecule has 2 N–H and O–H groups in total. The van der Waals surface area contributed by atoms with Crippen molar-refractivity contribution in [3.63, 3.8) is 0 Å². The van der Waals surface area contributed by atoms with Gasteiger partial charge in [-0.3, -0.25) is 19.7 Å². The van der Waals surface area contributed by atoms with Gasteiger partial charge in [0.2, 0.25) is 5.91 Å². The van der Waals surface area contributed by atoms with Gasteiger partial charge in [-0.05, 0) is 62.0 Å². The molecule has 2 amide bonds. The smallest absolute Gasteiger partial charge is 0.288 e. The van der Waals surface area contributed by atoms with E-state index < -0.39 is 16.9 Å². The summed E-state index contributed by atoms with van der Waals surface area (Å²) >= 11 is 5.81. The van der Waals surface area contributed by atoms with Crippen molar-refractivity contribution in [3.8, 4) is 0 Å². The van der Waals surface area contributed by atoms with Crippen molar-refractivity contribution >= 4 is 29.1 Å². The molecular formula is C21H28ClN3O4. The average molecular weight is 422 g/mol. The number of fused-ring (bicyclic) bond motifs is 2. The van der Waals surface area contributed by atoms with Gasteiger partial charge in [0.15, 0.2) is 0 Å². The Morgan fingerprint density at radius 2 is 1.90 bits per heavy atom. The molecule has 29 heavy (non-hydrogen) atoms. The first-order valence-electron chi connectivity index (χ1n) is 10.2.